The summed E-state index contributed by atoms with van der Waals surface area (Å²) in [7, 11) is -4.65. The predicted molar refractivity (Wildman–Crippen MR) is 79.3 cm³/mol. The second-order valence-corrected chi connectivity index (χ2v) is 7.56. The molecule has 0 bridgehead atoms. The van der Waals surface area contributed by atoms with E-state index in [0.717, 1.165) is 0 Å². The molecule has 130 valence electrons. The number of nitrogens with two attached hydrogens (primary N) is 1. The molecule has 5 atom stereocenters. The van der Waals surface area contributed by atoms with Crippen LogP contribution in [0.1, 0.15) is 12.5 Å². The highest BCUT2D eigenvalue weighted by Crippen LogP contribution is 2.68. The standard InChI is InChI=1S/C12H16N5O6P/c13-10-6-11(15-3-14-10)17(4-16-6)7-5-1-12(5,9(19)8(7)18)2-23-24(20,21)22/h3-5,7-9,18-19H,1-2H2,(H2,13,14,15)(H2,20,21,22)/t5-,7-,8+,9+,12?/m1/s1. The van der Waals surface area contributed by atoms with Gasteiger partial charge in [-0.25, -0.2) is 19.5 Å². The van der Waals surface area contributed by atoms with E-state index >= 15 is 0 Å². The first-order chi connectivity index (χ1) is 11.2. The maximum absolute atomic E-state index is 10.9. The number of rotatable bonds is 4. The molecular weight excluding hydrogens is 341 g/mol. The summed E-state index contributed by atoms with van der Waals surface area (Å²) in [6.07, 6.45) is 0.906. The predicted octanol–water partition coefficient (Wildman–Crippen LogP) is -1.20. The Balaban J connectivity index is 1.68. The van der Waals surface area contributed by atoms with Crippen molar-refractivity contribution in [3.05, 3.63) is 12.7 Å². The van der Waals surface area contributed by atoms with Crippen LogP contribution in [0, 0.1) is 11.3 Å². The minimum absolute atomic E-state index is 0.207. The Morgan fingerprint density at radius 2 is 2.12 bits per heavy atom. The average Bonchev–Trinajstić information content (AvgIpc) is 3.00. The highest BCUT2D eigenvalue weighted by atomic mass is 31.2. The van der Waals surface area contributed by atoms with Crippen molar-refractivity contribution in [3.63, 3.8) is 0 Å². The van der Waals surface area contributed by atoms with E-state index in [0.29, 0.717) is 17.6 Å². The molecule has 2 fully saturated rings. The number of aliphatic hydroxyl groups is 2. The summed E-state index contributed by atoms with van der Waals surface area (Å²) in [5.74, 6) is -0.0127. The summed E-state index contributed by atoms with van der Waals surface area (Å²) >= 11 is 0. The molecule has 0 saturated heterocycles. The monoisotopic (exact) mass is 357 g/mol. The Morgan fingerprint density at radius 1 is 1.38 bits per heavy atom. The van der Waals surface area contributed by atoms with Crippen LogP contribution in [-0.2, 0) is 9.09 Å². The van der Waals surface area contributed by atoms with E-state index in [1.807, 2.05) is 0 Å². The lowest BCUT2D eigenvalue weighted by atomic mass is 10.0. The van der Waals surface area contributed by atoms with E-state index in [1.54, 1.807) is 4.57 Å². The van der Waals surface area contributed by atoms with Crippen LogP contribution < -0.4 is 5.73 Å². The number of hydrogen-bond acceptors (Lipinski definition) is 8. The molecule has 12 heteroatoms. The Bertz CT molecular complexity index is 854. The quantitative estimate of drug-likeness (QED) is 0.418. The van der Waals surface area contributed by atoms with Crippen molar-refractivity contribution in [2.24, 2.45) is 11.3 Å². The van der Waals surface area contributed by atoms with Crippen LogP contribution in [0.15, 0.2) is 12.7 Å². The lowest BCUT2D eigenvalue weighted by Crippen LogP contribution is -2.35. The highest BCUT2D eigenvalue weighted by molar-refractivity contribution is 7.46. The number of phosphoric ester groups is 1. The Kier molecular flexibility index (Phi) is 3.27. The molecule has 2 aliphatic rings. The van der Waals surface area contributed by atoms with Gasteiger partial charge < -0.3 is 30.3 Å². The van der Waals surface area contributed by atoms with Gasteiger partial charge in [-0.2, -0.15) is 0 Å². The van der Waals surface area contributed by atoms with Crippen LogP contribution in [0.25, 0.3) is 11.2 Å². The number of imidazole rings is 1. The normalized spacial score (nSPS) is 35.3. The number of anilines is 1. The number of hydrogen-bond donors (Lipinski definition) is 5. The Morgan fingerprint density at radius 3 is 2.83 bits per heavy atom. The molecule has 0 aliphatic heterocycles. The maximum Gasteiger partial charge on any atom is 0.469 e. The minimum atomic E-state index is -4.65. The molecule has 4 rings (SSSR count). The first-order valence-corrected chi connectivity index (χ1v) is 8.77. The third-order valence-electron chi connectivity index (χ3n) is 5.06. The summed E-state index contributed by atoms with van der Waals surface area (Å²) in [4.78, 5) is 29.9. The van der Waals surface area contributed by atoms with Crippen molar-refractivity contribution in [2.75, 3.05) is 12.3 Å². The molecule has 0 radical (unpaired) electrons. The van der Waals surface area contributed by atoms with Gasteiger partial charge in [0.1, 0.15) is 17.9 Å². The molecule has 2 aromatic heterocycles. The van der Waals surface area contributed by atoms with Crippen molar-refractivity contribution >= 4 is 24.8 Å². The topological polar surface area (TPSA) is 177 Å². The van der Waals surface area contributed by atoms with Crippen LogP contribution in [-0.4, -0.2) is 58.3 Å². The van der Waals surface area contributed by atoms with Crippen molar-refractivity contribution in [3.8, 4) is 0 Å². The summed E-state index contributed by atoms with van der Waals surface area (Å²) in [5, 5.41) is 20.8. The Hall–Kier alpha value is -1.62. The maximum atomic E-state index is 10.9. The first kappa shape index (κ1) is 15.9. The molecule has 11 nitrogen and oxygen atoms in total. The lowest BCUT2D eigenvalue weighted by Gasteiger charge is -2.24. The van der Waals surface area contributed by atoms with Crippen LogP contribution in [0.3, 0.4) is 0 Å². The van der Waals surface area contributed by atoms with Gasteiger partial charge in [-0.1, -0.05) is 0 Å². The third kappa shape index (κ3) is 2.17. The molecular formula is C12H16N5O6P. The van der Waals surface area contributed by atoms with E-state index in [9.17, 15) is 14.8 Å². The highest BCUT2D eigenvalue weighted by Gasteiger charge is 2.72. The zero-order valence-corrected chi connectivity index (χ0v) is 13.2. The largest absolute Gasteiger partial charge is 0.469 e. The van der Waals surface area contributed by atoms with Crippen molar-refractivity contribution in [1.29, 1.82) is 0 Å². The van der Waals surface area contributed by atoms with E-state index in [-0.39, 0.29) is 18.3 Å². The molecule has 2 saturated carbocycles. The summed E-state index contributed by atoms with van der Waals surface area (Å²) in [5.41, 5.74) is 5.68. The zero-order chi connectivity index (χ0) is 17.3. The number of nitrogen functional groups attached to an aromatic ring is 1. The lowest BCUT2D eigenvalue weighted by molar-refractivity contribution is -0.0297. The van der Waals surface area contributed by atoms with E-state index < -0.39 is 31.5 Å². The smallest absolute Gasteiger partial charge is 0.390 e. The summed E-state index contributed by atoms with van der Waals surface area (Å²) in [6, 6.07) is -0.542. The van der Waals surface area contributed by atoms with Gasteiger partial charge in [0.15, 0.2) is 11.5 Å². The SMILES string of the molecule is Nc1ncnc2c1ncn2[C@H]1[C@H](O)[C@H](O)C2(COP(=O)(O)O)C[C@H]12. The molecule has 24 heavy (non-hydrogen) atoms. The third-order valence-corrected chi connectivity index (χ3v) is 5.53. The molecule has 2 heterocycles. The van der Waals surface area contributed by atoms with Crippen molar-refractivity contribution in [1.82, 2.24) is 19.5 Å². The fourth-order valence-corrected chi connectivity index (χ4v) is 4.23. The van der Waals surface area contributed by atoms with E-state index in [2.05, 4.69) is 19.5 Å². The van der Waals surface area contributed by atoms with Gasteiger partial charge in [0.25, 0.3) is 0 Å². The number of nitrogens with zero attached hydrogens (tertiary/aromatic N) is 4. The Labute approximate surface area is 135 Å². The second kappa shape index (κ2) is 4.94. The van der Waals surface area contributed by atoms with Gasteiger partial charge in [0.05, 0.1) is 25.1 Å². The molecule has 2 aromatic rings. The van der Waals surface area contributed by atoms with Crippen LogP contribution in [0.2, 0.25) is 0 Å². The van der Waals surface area contributed by atoms with Crippen molar-refractivity contribution in [2.45, 2.75) is 24.7 Å². The molecule has 1 unspecified atom stereocenters. The fourth-order valence-electron chi connectivity index (χ4n) is 3.82. The van der Waals surface area contributed by atoms with Crippen LogP contribution in [0.5, 0.6) is 0 Å². The second-order valence-electron chi connectivity index (χ2n) is 6.32. The number of aliphatic hydroxyl groups excluding tert-OH is 2. The van der Waals surface area contributed by atoms with E-state index in [1.165, 1.54) is 12.7 Å². The summed E-state index contributed by atoms with van der Waals surface area (Å²) < 4.78 is 17.1. The number of fused-ring (bicyclic) bond motifs is 2. The van der Waals surface area contributed by atoms with Gasteiger partial charge in [0.2, 0.25) is 0 Å². The molecule has 0 spiro atoms. The average molecular weight is 357 g/mol. The van der Waals surface area contributed by atoms with Crippen LogP contribution in [0.4, 0.5) is 5.82 Å². The van der Waals surface area contributed by atoms with Gasteiger partial charge >= 0.3 is 7.82 Å². The number of aromatic nitrogens is 4. The molecule has 0 aromatic carbocycles. The summed E-state index contributed by atoms with van der Waals surface area (Å²) in [6.45, 7) is -0.333. The molecule has 2 aliphatic carbocycles. The van der Waals surface area contributed by atoms with E-state index in [4.69, 9.17) is 15.5 Å². The van der Waals surface area contributed by atoms with Crippen LogP contribution >= 0.6 is 7.82 Å². The fraction of sp³-hybridized carbons (Fsp3) is 0.583. The van der Waals surface area contributed by atoms with Gasteiger partial charge in [-0.3, -0.25) is 4.52 Å². The van der Waals surface area contributed by atoms with Gasteiger partial charge in [-0.15, -0.1) is 0 Å². The van der Waals surface area contributed by atoms with Gasteiger partial charge in [-0.05, 0) is 12.3 Å². The van der Waals surface area contributed by atoms with Gasteiger partial charge in [0, 0.05) is 5.41 Å². The minimum Gasteiger partial charge on any atom is -0.390 e. The molecule has 6 N–H and O–H groups in total. The van der Waals surface area contributed by atoms with Crippen molar-refractivity contribution < 1.29 is 29.1 Å². The first-order valence-electron chi connectivity index (χ1n) is 7.24. The number of phosphoric acid groups is 1. The molecule has 0 amide bonds. The zero-order valence-electron chi connectivity index (χ0n) is 12.3.